The van der Waals surface area contributed by atoms with Crippen LogP contribution in [0.2, 0.25) is 5.02 Å². The number of rotatable bonds is 2. The van der Waals surface area contributed by atoms with E-state index in [2.05, 4.69) is 0 Å². The molecule has 0 unspecified atom stereocenters. The van der Waals surface area contributed by atoms with Crippen molar-refractivity contribution >= 4 is 17.3 Å². The number of aliphatic hydroxyl groups is 1. The van der Waals surface area contributed by atoms with Gasteiger partial charge in [-0.25, -0.2) is 0 Å². The fraction of sp³-hybridized carbons (Fsp3) is 0.250. The van der Waals surface area contributed by atoms with Crippen molar-refractivity contribution in [2.45, 2.75) is 12.3 Å². The van der Waals surface area contributed by atoms with Gasteiger partial charge in [-0.2, -0.15) is 13.2 Å². The lowest BCUT2D eigenvalue weighted by molar-refractivity contribution is -0.384. The Morgan fingerprint density at radius 1 is 1.44 bits per heavy atom. The molecule has 1 aromatic rings. The fourth-order valence-corrected chi connectivity index (χ4v) is 1.22. The van der Waals surface area contributed by atoms with Crippen molar-refractivity contribution in [3.05, 3.63) is 38.9 Å². The highest BCUT2D eigenvalue weighted by Crippen LogP contribution is 2.35. The standard InChI is InChI=1S/C8H5ClF3NO3/c9-5-2-1-4(3-6(5)13(15)16)7(14)8(10,11)12/h1-3,7,14H/t7-/m0/s1. The molecule has 0 saturated heterocycles. The maximum atomic E-state index is 12.1. The number of hydrogen-bond acceptors (Lipinski definition) is 3. The summed E-state index contributed by atoms with van der Waals surface area (Å²) in [5.74, 6) is 0. The smallest absolute Gasteiger partial charge is 0.379 e. The molecule has 0 amide bonds. The van der Waals surface area contributed by atoms with Crippen LogP contribution in [0.4, 0.5) is 18.9 Å². The minimum atomic E-state index is -4.87. The predicted molar refractivity (Wildman–Crippen MR) is 49.1 cm³/mol. The molecule has 8 heteroatoms. The van der Waals surface area contributed by atoms with Gasteiger partial charge in [0.05, 0.1) is 4.92 Å². The summed E-state index contributed by atoms with van der Waals surface area (Å²) in [6, 6.07) is 2.41. The second-order valence-electron chi connectivity index (χ2n) is 2.91. The number of alkyl halides is 3. The minimum absolute atomic E-state index is 0.289. The highest BCUT2D eigenvalue weighted by atomic mass is 35.5. The van der Waals surface area contributed by atoms with Crippen molar-refractivity contribution in [1.82, 2.24) is 0 Å². The van der Waals surface area contributed by atoms with Gasteiger partial charge in [0.15, 0.2) is 6.10 Å². The summed E-state index contributed by atoms with van der Waals surface area (Å²) in [5, 5.41) is 19.0. The predicted octanol–water partition coefficient (Wildman–Crippen LogP) is 2.84. The van der Waals surface area contributed by atoms with Crippen LogP contribution in [0.5, 0.6) is 0 Å². The molecule has 0 saturated carbocycles. The van der Waals surface area contributed by atoms with E-state index < -0.39 is 28.5 Å². The van der Waals surface area contributed by atoms with E-state index in [0.29, 0.717) is 6.07 Å². The van der Waals surface area contributed by atoms with Crippen LogP contribution in [0.15, 0.2) is 18.2 Å². The lowest BCUT2D eigenvalue weighted by Crippen LogP contribution is -2.20. The summed E-state index contributed by atoms with van der Waals surface area (Å²) in [7, 11) is 0. The molecular weight excluding hydrogens is 251 g/mol. The number of nitro groups is 1. The second-order valence-corrected chi connectivity index (χ2v) is 3.32. The Labute approximate surface area is 92.4 Å². The zero-order valence-corrected chi connectivity index (χ0v) is 8.29. The Kier molecular flexibility index (Phi) is 3.39. The SMILES string of the molecule is O=[N+]([O-])c1cc([C@H](O)C(F)(F)F)ccc1Cl. The van der Waals surface area contributed by atoms with Crippen LogP contribution in [0.3, 0.4) is 0 Å². The van der Waals surface area contributed by atoms with Gasteiger partial charge in [-0.1, -0.05) is 17.7 Å². The summed E-state index contributed by atoms with van der Waals surface area (Å²) in [6.45, 7) is 0. The molecule has 1 aromatic carbocycles. The first-order valence-corrected chi connectivity index (χ1v) is 4.30. The third kappa shape index (κ3) is 2.61. The van der Waals surface area contributed by atoms with Crippen LogP contribution in [0.1, 0.15) is 11.7 Å². The van der Waals surface area contributed by atoms with Gasteiger partial charge >= 0.3 is 6.18 Å². The first-order valence-electron chi connectivity index (χ1n) is 3.92. The third-order valence-corrected chi connectivity index (χ3v) is 2.11. The number of nitrogens with zero attached hydrogens (tertiary/aromatic N) is 1. The molecule has 1 atom stereocenters. The van der Waals surface area contributed by atoms with E-state index in [9.17, 15) is 23.3 Å². The molecule has 0 heterocycles. The lowest BCUT2D eigenvalue weighted by atomic mass is 10.1. The lowest BCUT2D eigenvalue weighted by Gasteiger charge is -2.14. The molecule has 0 fully saturated rings. The van der Waals surface area contributed by atoms with Gasteiger partial charge in [-0.15, -0.1) is 0 Å². The normalized spacial score (nSPS) is 13.6. The van der Waals surface area contributed by atoms with E-state index in [4.69, 9.17) is 16.7 Å². The Morgan fingerprint density at radius 2 is 2.00 bits per heavy atom. The Morgan fingerprint density at radius 3 is 2.44 bits per heavy atom. The van der Waals surface area contributed by atoms with Crippen LogP contribution in [0, 0.1) is 10.1 Å². The average Bonchev–Trinajstić information content (AvgIpc) is 2.15. The molecule has 1 rings (SSSR count). The van der Waals surface area contributed by atoms with Crippen molar-refractivity contribution in [2.24, 2.45) is 0 Å². The molecule has 88 valence electrons. The van der Waals surface area contributed by atoms with Crippen molar-refractivity contribution in [3.8, 4) is 0 Å². The van der Waals surface area contributed by atoms with E-state index in [1.807, 2.05) is 0 Å². The largest absolute Gasteiger partial charge is 0.418 e. The van der Waals surface area contributed by atoms with E-state index in [-0.39, 0.29) is 5.02 Å². The zero-order valence-electron chi connectivity index (χ0n) is 7.53. The summed E-state index contributed by atoms with van der Waals surface area (Å²) < 4.78 is 36.3. The zero-order chi connectivity index (χ0) is 12.5. The summed E-state index contributed by atoms with van der Waals surface area (Å²) in [5.41, 5.74) is -1.30. The highest BCUT2D eigenvalue weighted by molar-refractivity contribution is 6.32. The minimum Gasteiger partial charge on any atom is -0.379 e. The molecule has 0 aliphatic heterocycles. The fourth-order valence-electron chi connectivity index (χ4n) is 1.03. The number of hydrogen-bond donors (Lipinski definition) is 1. The van der Waals surface area contributed by atoms with Gasteiger partial charge in [-0.3, -0.25) is 10.1 Å². The number of halogens is 4. The van der Waals surface area contributed by atoms with Crippen molar-refractivity contribution < 1.29 is 23.2 Å². The number of aliphatic hydroxyl groups excluding tert-OH is 1. The van der Waals surface area contributed by atoms with Crippen LogP contribution in [-0.4, -0.2) is 16.2 Å². The van der Waals surface area contributed by atoms with Gasteiger partial charge < -0.3 is 5.11 Å². The van der Waals surface area contributed by atoms with Gasteiger partial charge in [0.25, 0.3) is 5.69 Å². The molecule has 0 aromatic heterocycles. The van der Waals surface area contributed by atoms with Gasteiger partial charge in [0, 0.05) is 6.07 Å². The first kappa shape index (κ1) is 12.7. The first-order chi connectivity index (χ1) is 7.23. The Bertz CT molecular complexity index is 421. The van der Waals surface area contributed by atoms with Crippen molar-refractivity contribution in [3.63, 3.8) is 0 Å². The summed E-state index contributed by atoms with van der Waals surface area (Å²) in [4.78, 5) is 9.48. The van der Waals surface area contributed by atoms with Crippen molar-refractivity contribution in [2.75, 3.05) is 0 Å². The summed E-state index contributed by atoms with van der Waals surface area (Å²) in [6.07, 6.45) is -7.63. The van der Waals surface area contributed by atoms with E-state index in [1.54, 1.807) is 0 Å². The molecule has 0 aliphatic carbocycles. The third-order valence-electron chi connectivity index (χ3n) is 1.79. The Balaban J connectivity index is 3.18. The van der Waals surface area contributed by atoms with E-state index in [0.717, 1.165) is 12.1 Å². The van der Waals surface area contributed by atoms with Crippen LogP contribution >= 0.6 is 11.6 Å². The molecule has 1 N–H and O–H groups in total. The number of nitro benzene ring substituents is 1. The maximum Gasteiger partial charge on any atom is 0.418 e. The maximum absolute atomic E-state index is 12.1. The van der Waals surface area contributed by atoms with Crippen LogP contribution in [0.25, 0.3) is 0 Å². The molecule has 4 nitrogen and oxygen atoms in total. The van der Waals surface area contributed by atoms with Crippen LogP contribution in [-0.2, 0) is 0 Å². The van der Waals surface area contributed by atoms with Gasteiger partial charge in [0.2, 0.25) is 0 Å². The number of benzene rings is 1. The van der Waals surface area contributed by atoms with Gasteiger partial charge in [0.1, 0.15) is 5.02 Å². The van der Waals surface area contributed by atoms with E-state index in [1.165, 1.54) is 0 Å². The highest BCUT2D eigenvalue weighted by Gasteiger charge is 2.40. The molecular formula is C8H5ClF3NO3. The molecule has 0 aliphatic rings. The molecule has 0 bridgehead atoms. The summed E-state index contributed by atoms with van der Waals surface area (Å²) >= 11 is 5.41. The van der Waals surface area contributed by atoms with Gasteiger partial charge in [-0.05, 0) is 11.6 Å². The molecule has 0 spiro atoms. The molecule has 16 heavy (non-hydrogen) atoms. The van der Waals surface area contributed by atoms with Crippen LogP contribution < -0.4 is 0 Å². The quantitative estimate of drug-likeness (QED) is 0.653. The Hall–Kier alpha value is -1.34. The monoisotopic (exact) mass is 255 g/mol. The van der Waals surface area contributed by atoms with Crippen molar-refractivity contribution in [1.29, 1.82) is 0 Å². The second kappa shape index (κ2) is 4.26. The van der Waals surface area contributed by atoms with E-state index >= 15 is 0 Å². The molecule has 0 radical (unpaired) electrons. The topological polar surface area (TPSA) is 63.4 Å². The average molecular weight is 256 g/mol.